The minimum absolute atomic E-state index is 0.0918. The van der Waals surface area contributed by atoms with Gasteiger partial charge in [-0.3, -0.25) is 9.63 Å². The average Bonchev–Trinajstić information content (AvgIpc) is 2.30. The second-order valence-corrected chi connectivity index (χ2v) is 9.66. The van der Waals surface area contributed by atoms with Crippen LogP contribution >= 0.6 is 0 Å². The van der Waals surface area contributed by atoms with Crippen LogP contribution in [0, 0.1) is 5.82 Å². The van der Waals surface area contributed by atoms with Gasteiger partial charge < -0.3 is 4.43 Å². The summed E-state index contributed by atoms with van der Waals surface area (Å²) in [5.74, 6) is -0.427. The zero-order valence-electron chi connectivity index (χ0n) is 12.0. The fourth-order valence-corrected chi connectivity index (χ4v) is 2.28. The van der Waals surface area contributed by atoms with Crippen LogP contribution in [-0.4, -0.2) is 33.4 Å². The zero-order chi connectivity index (χ0) is 14.6. The molecule has 1 aromatic carbocycles. The molecule has 0 aliphatic rings. The van der Waals surface area contributed by atoms with Crippen LogP contribution in [0.2, 0.25) is 19.6 Å². The van der Waals surface area contributed by atoms with E-state index in [2.05, 4.69) is 0 Å². The van der Waals surface area contributed by atoms with Crippen LogP contribution in [0.1, 0.15) is 5.56 Å². The molecule has 6 heteroatoms. The summed E-state index contributed by atoms with van der Waals surface area (Å²) < 4.78 is 19.5. The number of benzene rings is 1. The highest BCUT2D eigenvalue weighted by Gasteiger charge is 2.19. The van der Waals surface area contributed by atoms with E-state index in [9.17, 15) is 9.18 Å². The van der Waals surface area contributed by atoms with Crippen LogP contribution in [0.5, 0.6) is 5.75 Å². The van der Waals surface area contributed by atoms with Crippen molar-refractivity contribution in [1.29, 1.82) is 0 Å². The van der Waals surface area contributed by atoms with Gasteiger partial charge in [0.15, 0.2) is 5.82 Å². The number of nitrogens with zero attached hydrogens (tertiary/aromatic N) is 1. The second-order valence-electron chi connectivity index (χ2n) is 5.23. The Morgan fingerprint density at radius 1 is 1.37 bits per heavy atom. The lowest BCUT2D eigenvalue weighted by Crippen LogP contribution is -2.30. The maximum absolute atomic E-state index is 13.9. The van der Waals surface area contributed by atoms with Crippen molar-refractivity contribution in [3.05, 3.63) is 29.6 Å². The number of carbonyl (C=O) groups is 1. The van der Waals surface area contributed by atoms with Crippen molar-refractivity contribution in [1.82, 2.24) is 5.06 Å². The molecule has 1 amide bonds. The molecule has 0 spiro atoms. The van der Waals surface area contributed by atoms with Gasteiger partial charge in [-0.25, -0.2) is 9.45 Å². The second kappa shape index (κ2) is 6.16. The van der Waals surface area contributed by atoms with Gasteiger partial charge >= 0.3 is 0 Å². The molecule has 0 atom stereocenters. The molecule has 106 valence electrons. The number of halogens is 1. The topological polar surface area (TPSA) is 38.8 Å². The summed E-state index contributed by atoms with van der Waals surface area (Å²) >= 11 is 0. The standard InChI is InChI=1S/C13H20FNO3Si/c1-15(17-2)13(16)9-10-6-7-12(11(14)8-10)18-19(3,4)5/h6-8H,9H2,1-5H3. The molecule has 0 aliphatic heterocycles. The summed E-state index contributed by atoms with van der Waals surface area (Å²) in [6.45, 7) is 5.95. The van der Waals surface area contributed by atoms with E-state index in [1.807, 2.05) is 19.6 Å². The third kappa shape index (κ3) is 5.00. The summed E-state index contributed by atoms with van der Waals surface area (Å²) in [6, 6.07) is 4.60. The molecule has 0 aromatic heterocycles. The SMILES string of the molecule is CON(C)C(=O)Cc1ccc(O[Si](C)(C)C)c(F)c1. The van der Waals surface area contributed by atoms with Gasteiger partial charge in [0.1, 0.15) is 5.75 Å². The van der Waals surface area contributed by atoms with Crippen molar-refractivity contribution in [2.75, 3.05) is 14.2 Å². The highest BCUT2D eigenvalue weighted by Crippen LogP contribution is 2.22. The molecule has 0 saturated heterocycles. The van der Waals surface area contributed by atoms with E-state index in [1.165, 1.54) is 20.2 Å². The maximum Gasteiger partial charge on any atom is 0.250 e. The Morgan fingerprint density at radius 3 is 2.47 bits per heavy atom. The predicted molar refractivity (Wildman–Crippen MR) is 73.9 cm³/mol. The molecule has 4 nitrogen and oxygen atoms in total. The number of hydrogen-bond acceptors (Lipinski definition) is 3. The Bertz CT molecular complexity index is 460. The summed E-state index contributed by atoms with van der Waals surface area (Å²) in [4.78, 5) is 16.4. The van der Waals surface area contributed by atoms with Gasteiger partial charge in [-0.15, -0.1) is 0 Å². The Balaban J connectivity index is 2.80. The van der Waals surface area contributed by atoms with Crippen molar-refractivity contribution in [2.45, 2.75) is 26.1 Å². The lowest BCUT2D eigenvalue weighted by Gasteiger charge is -2.20. The third-order valence-corrected chi connectivity index (χ3v) is 3.23. The highest BCUT2D eigenvalue weighted by molar-refractivity contribution is 6.70. The summed E-state index contributed by atoms with van der Waals surface area (Å²) in [7, 11) is 1.08. The molecule has 1 rings (SSSR count). The van der Waals surface area contributed by atoms with Crippen molar-refractivity contribution >= 4 is 14.2 Å². The number of hydroxylamine groups is 2. The molecule has 0 N–H and O–H groups in total. The van der Waals surface area contributed by atoms with Gasteiger partial charge in [-0.2, -0.15) is 0 Å². The van der Waals surface area contributed by atoms with Gasteiger partial charge in [0.25, 0.3) is 0 Å². The normalized spacial score (nSPS) is 11.3. The van der Waals surface area contributed by atoms with Crippen LogP contribution < -0.4 is 4.43 Å². The van der Waals surface area contributed by atoms with Crippen LogP contribution in [0.3, 0.4) is 0 Å². The summed E-state index contributed by atoms with van der Waals surface area (Å²) in [5.41, 5.74) is 0.592. The van der Waals surface area contributed by atoms with E-state index >= 15 is 0 Å². The van der Waals surface area contributed by atoms with Gasteiger partial charge in [0.2, 0.25) is 14.2 Å². The predicted octanol–water partition coefficient (Wildman–Crippen LogP) is 2.60. The van der Waals surface area contributed by atoms with E-state index in [4.69, 9.17) is 9.26 Å². The number of hydrogen-bond donors (Lipinski definition) is 0. The van der Waals surface area contributed by atoms with Crippen molar-refractivity contribution in [3.63, 3.8) is 0 Å². The first-order chi connectivity index (χ1) is 8.73. The monoisotopic (exact) mass is 285 g/mol. The Morgan fingerprint density at radius 2 is 2.00 bits per heavy atom. The minimum atomic E-state index is -1.84. The van der Waals surface area contributed by atoms with Gasteiger partial charge in [0, 0.05) is 7.05 Å². The molecular weight excluding hydrogens is 265 g/mol. The largest absolute Gasteiger partial charge is 0.542 e. The van der Waals surface area contributed by atoms with Crippen LogP contribution in [-0.2, 0) is 16.1 Å². The van der Waals surface area contributed by atoms with Gasteiger partial charge in [-0.1, -0.05) is 6.07 Å². The molecular formula is C13H20FNO3Si. The van der Waals surface area contributed by atoms with E-state index < -0.39 is 14.1 Å². The maximum atomic E-state index is 13.9. The number of amides is 1. The summed E-state index contributed by atoms with van der Waals surface area (Å²) in [5, 5.41) is 1.12. The molecule has 19 heavy (non-hydrogen) atoms. The molecule has 1 aromatic rings. The molecule has 0 saturated carbocycles. The number of carbonyl (C=O) groups excluding carboxylic acids is 1. The molecule has 0 unspecified atom stereocenters. The van der Waals surface area contributed by atoms with Crippen molar-refractivity contribution < 1.29 is 18.4 Å². The molecule has 0 bridgehead atoms. The van der Waals surface area contributed by atoms with Crippen LogP contribution in [0.15, 0.2) is 18.2 Å². The minimum Gasteiger partial charge on any atom is -0.542 e. The molecule has 0 radical (unpaired) electrons. The molecule has 0 aliphatic carbocycles. The van der Waals surface area contributed by atoms with E-state index in [0.717, 1.165) is 5.06 Å². The van der Waals surface area contributed by atoms with Crippen LogP contribution in [0.4, 0.5) is 4.39 Å². The first kappa shape index (κ1) is 15.7. The molecule has 0 heterocycles. The first-order valence-corrected chi connectivity index (χ1v) is 9.42. The third-order valence-electron chi connectivity index (χ3n) is 2.39. The lowest BCUT2D eigenvalue weighted by molar-refractivity contribution is -0.167. The first-order valence-electron chi connectivity index (χ1n) is 6.01. The van der Waals surface area contributed by atoms with Crippen molar-refractivity contribution in [3.8, 4) is 5.75 Å². The number of rotatable bonds is 5. The van der Waals surface area contributed by atoms with E-state index in [0.29, 0.717) is 5.56 Å². The van der Waals surface area contributed by atoms with E-state index in [-0.39, 0.29) is 18.1 Å². The smallest absolute Gasteiger partial charge is 0.250 e. The Kier molecular flexibility index (Phi) is 5.08. The van der Waals surface area contributed by atoms with Gasteiger partial charge in [0.05, 0.1) is 13.5 Å². The van der Waals surface area contributed by atoms with Crippen molar-refractivity contribution in [2.24, 2.45) is 0 Å². The quantitative estimate of drug-likeness (QED) is 0.616. The van der Waals surface area contributed by atoms with Crippen LogP contribution in [0.25, 0.3) is 0 Å². The Labute approximate surface area is 114 Å². The Hall–Kier alpha value is -1.40. The number of likely N-dealkylation sites (N-methyl/N-ethyl adjacent to an activating group) is 1. The van der Waals surface area contributed by atoms with Gasteiger partial charge in [-0.05, 0) is 37.3 Å². The average molecular weight is 285 g/mol. The summed E-state index contributed by atoms with van der Waals surface area (Å²) in [6.07, 6.45) is 0.0918. The van der Waals surface area contributed by atoms with E-state index in [1.54, 1.807) is 12.1 Å². The lowest BCUT2D eigenvalue weighted by atomic mass is 10.1. The highest BCUT2D eigenvalue weighted by atomic mass is 28.4. The fraction of sp³-hybridized carbons (Fsp3) is 0.462. The molecule has 0 fully saturated rings. The fourth-order valence-electron chi connectivity index (χ4n) is 1.45. The zero-order valence-corrected chi connectivity index (χ0v) is 13.0.